The molecule has 0 aliphatic carbocycles. The van der Waals surface area contributed by atoms with E-state index in [1.165, 1.54) is 6.42 Å². The van der Waals surface area contributed by atoms with Gasteiger partial charge in [-0.2, -0.15) is 0 Å². The van der Waals surface area contributed by atoms with Crippen molar-refractivity contribution in [2.45, 2.75) is 40.5 Å². The van der Waals surface area contributed by atoms with E-state index in [2.05, 4.69) is 45.0 Å². The van der Waals surface area contributed by atoms with Gasteiger partial charge in [0.1, 0.15) is 0 Å². The van der Waals surface area contributed by atoms with E-state index in [1.807, 2.05) is 0 Å². The van der Waals surface area contributed by atoms with Gasteiger partial charge in [-0.1, -0.05) is 33.1 Å². The molecule has 0 radical (unpaired) electrons. The zero-order valence-corrected chi connectivity index (χ0v) is 8.78. The second-order valence-corrected chi connectivity index (χ2v) is 3.20. The highest BCUT2D eigenvalue weighted by Gasteiger charge is 2.09. The minimum absolute atomic E-state index is 0.564. The molecule has 0 aromatic carbocycles. The van der Waals surface area contributed by atoms with Gasteiger partial charge in [0.25, 0.3) is 0 Å². The highest BCUT2D eigenvalue weighted by Crippen LogP contribution is 2.16. The smallest absolute Gasteiger partial charge is 0.0244 e. The van der Waals surface area contributed by atoms with Crippen molar-refractivity contribution in [1.82, 2.24) is 5.32 Å². The van der Waals surface area contributed by atoms with E-state index < -0.39 is 0 Å². The van der Waals surface area contributed by atoms with Crippen molar-refractivity contribution in [3.8, 4) is 12.0 Å². The maximum absolute atomic E-state index is 3.26. The summed E-state index contributed by atoms with van der Waals surface area (Å²) >= 11 is 0. The molecule has 0 saturated heterocycles. The molecule has 0 bridgehead atoms. The third-order valence-electron chi connectivity index (χ3n) is 2.29. The second kappa shape index (κ2) is 7.03. The van der Waals surface area contributed by atoms with E-state index in [1.54, 1.807) is 0 Å². The fourth-order valence-electron chi connectivity index (χ4n) is 1.16. The molecule has 0 aromatic heterocycles. The molecule has 1 heteroatoms. The van der Waals surface area contributed by atoms with Crippen LogP contribution in [-0.4, -0.2) is 6.54 Å². The minimum Gasteiger partial charge on any atom is -0.346 e. The summed E-state index contributed by atoms with van der Waals surface area (Å²) < 4.78 is 0. The van der Waals surface area contributed by atoms with Gasteiger partial charge in [-0.25, -0.2) is 0 Å². The van der Waals surface area contributed by atoms with Crippen molar-refractivity contribution in [3.63, 3.8) is 0 Å². The highest BCUT2D eigenvalue weighted by atomic mass is 14.8. The van der Waals surface area contributed by atoms with Crippen molar-refractivity contribution in [3.05, 3.63) is 0 Å². The lowest BCUT2D eigenvalue weighted by molar-refractivity contribution is 0.418. The Kier molecular flexibility index (Phi) is 6.66. The highest BCUT2D eigenvalue weighted by molar-refractivity contribution is 5.02. The van der Waals surface area contributed by atoms with Gasteiger partial charge in [0, 0.05) is 18.5 Å². The molecule has 0 aliphatic rings. The molecule has 0 fully saturated rings. The average Bonchev–Trinajstić information content (AvgIpc) is 2.11. The number of hydrogen-bond donors (Lipinski definition) is 1. The molecule has 1 unspecified atom stereocenters. The van der Waals surface area contributed by atoms with Crippen LogP contribution in [0.25, 0.3) is 0 Å². The quantitative estimate of drug-likeness (QED) is 0.501. The van der Waals surface area contributed by atoms with E-state index in [9.17, 15) is 0 Å². The van der Waals surface area contributed by atoms with Crippen LogP contribution in [0.4, 0.5) is 0 Å². The van der Waals surface area contributed by atoms with Gasteiger partial charge < -0.3 is 5.32 Å². The molecule has 0 heterocycles. The van der Waals surface area contributed by atoms with Gasteiger partial charge in [-0.3, -0.25) is 0 Å². The third-order valence-corrected chi connectivity index (χ3v) is 2.29. The molecule has 0 amide bonds. The first-order chi connectivity index (χ1) is 5.76. The SMILES string of the molecule is CCNC#CC(CC)[C@@H](C)CC. The van der Waals surface area contributed by atoms with E-state index in [0.29, 0.717) is 5.92 Å². The van der Waals surface area contributed by atoms with Crippen LogP contribution in [0.15, 0.2) is 0 Å². The van der Waals surface area contributed by atoms with Crippen LogP contribution in [-0.2, 0) is 0 Å². The lowest BCUT2D eigenvalue weighted by Gasteiger charge is -2.14. The van der Waals surface area contributed by atoms with Gasteiger partial charge in [-0.15, -0.1) is 0 Å². The first kappa shape index (κ1) is 11.4. The van der Waals surface area contributed by atoms with E-state index >= 15 is 0 Å². The molecule has 12 heavy (non-hydrogen) atoms. The van der Waals surface area contributed by atoms with Crippen LogP contribution in [0.1, 0.15) is 40.5 Å². The molecule has 0 spiro atoms. The Morgan fingerprint density at radius 1 is 1.17 bits per heavy atom. The van der Waals surface area contributed by atoms with Crippen molar-refractivity contribution < 1.29 is 0 Å². The Morgan fingerprint density at radius 2 is 1.83 bits per heavy atom. The number of rotatable bonds is 4. The Hall–Kier alpha value is -0.640. The Morgan fingerprint density at radius 3 is 2.25 bits per heavy atom. The molecule has 1 N–H and O–H groups in total. The van der Waals surface area contributed by atoms with Crippen molar-refractivity contribution in [2.75, 3.05) is 6.54 Å². The van der Waals surface area contributed by atoms with Crippen LogP contribution in [0, 0.1) is 23.8 Å². The zero-order valence-electron chi connectivity index (χ0n) is 8.78. The summed E-state index contributed by atoms with van der Waals surface area (Å²) in [6, 6.07) is 3.00. The van der Waals surface area contributed by atoms with Gasteiger partial charge in [0.2, 0.25) is 0 Å². The fraction of sp³-hybridized carbons (Fsp3) is 0.818. The lowest BCUT2D eigenvalue weighted by atomic mass is 9.90. The van der Waals surface area contributed by atoms with Crippen molar-refractivity contribution in [1.29, 1.82) is 0 Å². The molecule has 70 valence electrons. The van der Waals surface area contributed by atoms with Gasteiger partial charge in [-0.05, 0) is 19.3 Å². The molecular weight excluding hydrogens is 146 g/mol. The summed E-state index contributed by atoms with van der Waals surface area (Å²) in [5.41, 5.74) is 0. The Bertz CT molecular complexity index is 152. The molecule has 0 aliphatic heterocycles. The second-order valence-electron chi connectivity index (χ2n) is 3.20. The molecule has 2 atom stereocenters. The summed E-state index contributed by atoms with van der Waals surface area (Å²) in [6.07, 6.45) is 2.38. The number of hydrogen-bond acceptors (Lipinski definition) is 1. The van der Waals surface area contributed by atoms with Crippen molar-refractivity contribution >= 4 is 0 Å². The van der Waals surface area contributed by atoms with Crippen LogP contribution < -0.4 is 5.32 Å². The van der Waals surface area contributed by atoms with Gasteiger partial charge in [0.05, 0.1) is 0 Å². The zero-order chi connectivity index (χ0) is 9.40. The van der Waals surface area contributed by atoms with Gasteiger partial charge in [0.15, 0.2) is 0 Å². The monoisotopic (exact) mass is 167 g/mol. The summed E-state index contributed by atoms with van der Waals surface area (Å²) in [5, 5.41) is 3.03. The third kappa shape index (κ3) is 4.28. The normalized spacial score (nSPS) is 14.3. The molecule has 0 saturated carbocycles. The summed E-state index contributed by atoms with van der Waals surface area (Å²) in [4.78, 5) is 0. The minimum atomic E-state index is 0.564. The average molecular weight is 167 g/mol. The summed E-state index contributed by atoms with van der Waals surface area (Å²) in [5.74, 6) is 4.55. The van der Waals surface area contributed by atoms with E-state index in [4.69, 9.17) is 0 Å². The van der Waals surface area contributed by atoms with Gasteiger partial charge >= 0.3 is 0 Å². The first-order valence-electron chi connectivity index (χ1n) is 4.99. The summed E-state index contributed by atoms with van der Waals surface area (Å²) in [6.45, 7) is 9.71. The van der Waals surface area contributed by atoms with E-state index in [0.717, 1.165) is 18.9 Å². The first-order valence-corrected chi connectivity index (χ1v) is 4.99. The van der Waals surface area contributed by atoms with Crippen molar-refractivity contribution in [2.24, 2.45) is 11.8 Å². The number of nitrogens with one attached hydrogen (secondary N) is 1. The molecule has 0 rings (SSSR count). The summed E-state index contributed by atoms with van der Waals surface area (Å²) in [7, 11) is 0. The Balaban J connectivity index is 3.91. The molecule has 1 nitrogen and oxygen atoms in total. The Labute approximate surface area is 76.9 Å². The standard InChI is InChI=1S/C11H21N/c1-5-10(4)11(6-2)8-9-12-7-3/h10-12H,5-7H2,1-4H3/t10-,11?/m0/s1. The van der Waals surface area contributed by atoms with Crippen LogP contribution in [0.2, 0.25) is 0 Å². The fourth-order valence-corrected chi connectivity index (χ4v) is 1.16. The van der Waals surface area contributed by atoms with Crippen LogP contribution >= 0.6 is 0 Å². The topological polar surface area (TPSA) is 12.0 Å². The maximum atomic E-state index is 3.26. The largest absolute Gasteiger partial charge is 0.346 e. The molecule has 0 aromatic rings. The predicted octanol–water partition coefficient (Wildman–Crippen LogP) is 2.63. The van der Waals surface area contributed by atoms with Crippen LogP contribution in [0.3, 0.4) is 0 Å². The predicted molar refractivity (Wildman–Crippen MR) is 54.7 cm³/mol. The molecular formula is C11H21N. The lowest BCUT2D eigenvalue weighted by Crippen LogP contribution is -2.10. The van der Waals surface area contributed by atoms with Crippen LogP contribution in [0.5, 0.6) is 0 Å². The maximum Gasteiger partial charge on any atom is 0.0244 e. The van der Waals surface area contributed by atoms with E-state index in [-0.39, 0.29) is 0 Å².